The van der Waals surface area contributed by atoms with E-state index in [1.54, 1.807) is 6.92 Å². The van der Waals surface area contributed by atoms with Gasteiger partial charge in [-0.05, 0) is 19.1 Å². The summed E-state index contributed by atoms with van der Waals surface area (Å²) in [6.45, 7) is 1.68. The second-order valence-corrected chi connectivity index (χ2v) is 3.67. The summed E-state index contributed by atoms with van der Waals surface area (Å²) in [5, 5.41) is 15.7. The highest BCUT2D eigenvalue weighted by Crippen LogP contribution is 2.16. The quantitative estimate of drug-likeness (QED) is 0.683. The number of nitrogens with one attached hydrogen (secondary N) is 2. The lowest BCUT2D eigenvalue weighted by atomic mass is 10.1. The van der Waals surface area contributed by atoms with Gasteiger partial charge in [0.05, 0.1) is 17.3 Å². The summed E-state index contributed by atoms with van der Waals surface area (Å²) in [5.74, 6) is -0.794. The van der Waals surface area contributed by atoms with E-state index < -0.39 is 17.8 Å². The van der Waals surface area contributed by atoms with E-state index >= 15 is 0 Å². The van der Waals surface area contributed by atoms with Crippen LogP contribution in [0.2, 0.25) is 0 Å². The predicted octanol–water partition coefficient (Wildman–Crippen LogP) is 0.412. The molecule has 2 rings (SSSR count). The third kappa shape index (κ3) is 2.26. The number of aromatic nitrogens is 4. The maximum Gasteiger partial charge on any atom is 0.254 e. The Morgan fingerprint density at radius 3 is 3.00 bits per heavy atom. The Hall–Kier alpha value is -2.51. The van der Waals surface area contributed by atoms with Gasteiger partial charge in [0.2, 0.25) is 0 Å². The number of nitrogen functional groups attached to an aromatic ring is 1. The first-order valence-electron chi connectivity index (χ1n) is 5.17. The third-order valence-corrected chi connectivity index (χ3v) is 2.39. The summed E-state index contributed by atoms with van der Waals surface area (Å²) in [6.07, 6.45) is 0. The molecule has 8 heteroatoms. The Kier molecular flexibility index (Phi) is 3.18. The van der Waals surface area contributed by atoms with Crippen LogP contribution in [0.1, 0.15) is 29.1 Å². The van der Waals surface area contributed by atoms with Crippen molar-refractivity contribution < 1.29 is 9.18 Å². The molecule has 0 saturated carbocycles. The summed E-state index contributed by atoms with van der Waals surface area (Å²) in [5.41, 5.74) is 5.38. The van der Waals surface area contributed by atoms with Crippen molar-refractivity contribution in [1.29, 1.82) is 0 Å². The zero-order valence-corrected chi connectivity index (χ0v) is 9.51. The summed E-state index contributed by atoms with van der Waals surface area (Å²) in [4.78, 5) is 11.9. The highest BCUT2D eigenvalue weighted by molar-refractivity contribution is 5.99. The number of carbonyl (C=O) groups is 1. The highest BCUT2D eigenvalue weighted by Gasteiger charge is 2.17. The average Bonchev–Trinajstić information content (AvgIpc) is 2.86. The van der Waals surface area contributed by atoms with Crippen molar-refractivity contribution in [2.75, 3.05) is 5.73 Å². The van der Waals surface area contributed by atoms with Crippen LogP contribution in [-0.2, 0) is 0 Å². The van der Waals surface area contributed by atoms with Gasteiger partial charge in [0.1, 0.15) is 5.82 Å². The summed E-state index contributed by atoms with van der Waals surface area (Å²) in [7, 11) is 0. The minimum Gasteiger partial charge on any atom is -0.396 e. The Balaban J connectivity index is 2.15. The molecule has 0 bridgehead atoms. The van der Waals surface area contributed by atoms with Crippen LogP contribution < -0.4 is 11.1 Å². The van der Waals surface area contributed by atoms with Crippen molar-refractivity contribution in [2.24, 2.45) is 0 Å². The molecular weight excluding hydrogens is 239 g/mol. The van der Waals surface area contributed by atoms with Crippen molar-refractivity contribution in [3.8, 4) is 0 Å². The number of carbonyl (C=O) groups excluding carboxylic acids is 1. The van der Waals surface area contributed by atoms with Gasteiger partial charge in [0.25, 0.3) is 5.91 Å². The maximum absolute atomic E-state index is 13.2. The molecule has 1 atom stereocenters. The SMILES string of the molecule is CC(NC(=O)c1cccc(F)c1N)c1nn[nH]n1. The number of hydrogen-bond donors (Lipinski definition) is 3. The molecule has 0 spiro atoms. The largest absolute Gasteiger partial charge is 0.396 e. The fourth-order valence-electron chi connectivity index (χ4n) is 1.43. The first kappa shape index (κ1) is 12.0. The van der Waals surface area contributed by atoms with Crippen molar-refractivity contribution in [1.82, 2.24) is 25.9 Å². The third-order valence-electron chi connectivity index (χ3n) is 2.39. The maximum atomic E-state index is 13.2. The number of halogens is 1. The summed E-state index contributed by atoms with van der Waals surface area (Å²) in [6, 6.07) is 3.59. The van der Waals surface area contributed by atoms with Crippen LogP contribution in [0.4, 0.5) is 10.1 Å². The topological polar surface area (TPSA) is 110 Å². The van der Waals surface area contributed by atoms with Gasteiger partial charge in [0.15, 0.2) is 5.82 Å². The van der Waals surface area contributed by atoms with Gasteiger partial charge in [-0.2, -0.15) is 5.21 Å². The lowest BCUT2D eigenvalue weighted by molar-refractivity contribution is 0.0939. The molecule has 1 aromatic carbocycles. The Labute approximate surface area is 102 Å². The number of anilines is 1. The van der Waals surface area contributed by atoms with Gasteiger partial charge in [-0.1, -0.05) is 11.3 Å². The molecule has 0 fully saturated rings. The number of para-hydroxylation sites is 1. The fourth-order valence-corrected chi connectivity index (χ4v) is 1.43. The van der Waals surface area contributed by atoms with Crippen LogP contribution in [0.3, 0.4) is 0 Å². The number of nitrogens with zero attached hydrogens (tertiary/aromatic N) is 3. The van der Waals surface area contributed by atoms with Gasteiger partial charge in [0, 0.05) is 0 Å². The molecule has 1 heterocycles. The lowest BCUT2D eigenvalue weighted by Crippen LogP contribution is -2.28. The van der Waals surface area contributed by atoms with Crippen LogP contribution >= 0.6 is 0 Å². The Bertz CT molecular complexity index is 556. The lowest BCUT2D eigenvalue weighted by Gasteiger charge is -2.11. The zero-order chi connectivity index (χ0) is 13.1. The van der Waals surface area contributed by atoms with E-state index in [1.807, 2.05) is 0 Å². The molecule has 7 nitrogen and oxygen atoms in total. The zero-order valence-electron chi connectivity index (χ0n) is 9.51. The fraction of sp³-hybridized carbons (Fsp3) is 0.200. The first-order valence-corrected chi connectivity index (χ1v) is 5.17. The van der Waals surface area contributed by atoms with Crippen LogP contribution in [0.25, 0.3) is 0 Å². The van der Waals surface area contributed by atoms with E-state index in [9.17, 15) is 9.18 Å². The summed E-state index contributed by atoms with van der Waals surface area (Å²) < 4.78 is 13.2. The molecule has 2 aromatic rings. The van der Waals surface area contributed by atoms with E-state index in [2.05, 4.69) is 25.9 Å². The standard InChI is InChI=1S/C10H11FN6O/c1-5(9-14-16-17-15-9)13-10(18)6-3-2-4-7(11)8(6)12/h2-5H,12H2,1H3,(H,13,18)(H,14,15,16,17). The Morgan fingerprint density at radius 1 is 1.56 bits per heavy atom. The highest BCUT2D eigenvalue weighted by atomic mass is 19.1. The second kappa shape index (κ2) is 4.78. The molecule has 0 saturated heterocycles. The van der Waals surface area contributed by atoms with Gasteiger partial charge >= 0.3 is 0 Å². The molecule has 0 aliphatic carbocycles. The van der Waals surface area contributed by atoms with E-state index in [4.69, 9.17) is 5.73 Å². The minimum atomic E-state index is -0.630. The van der Waals surface area contributed by atoms with Crippen molar-refractivity contribution >= 4 is 11.6 Å². The minimum absolute atomic E-state index is 0.0744. The smallest absolute Gasteiger partial charge is 0.254 e. The second-order valence-electron chi connectivity index (χ2n) is 3.67. The molecular formula is C10H11FN6O. The molecule has 94 valence electrons. The molecule has 18 heavy (non-hydrogen) atoms. The van der Waals surface area contributed by atoms with Crippen LogP contribution in [-0.4, -0.2) is 26.5 Å². The van der Waals surface area contributed by atoms with Crippen LogP contribution in [0, 0.1) is 5.82 Å². The van der Waals surface area contributed by atoms with Gasteiger partial charge in [-0.15, -0.1) is 10.2 Å². The molecule has 4 N–H and O–H groups in total. The number of aromatic amines is 1. The normalized spacial score (nSPS) is 12.1. The number of H-pyrrole nitrogens is 1. The number of rotatable bonds is 3. The molecule has 1 amide bonds. The van der Waals surface area contributed by atoms with E-state index in [0.717, 1.165) is 0 Å². The molecule has 0 aliphatic heterocycles. The number of hydrogen-bond acceptors (Lipinski definition) is 5. The number of tetrazole rings is 1. The van der Waals surface area contributed by atoms with Crippen molar-refractivity contribution in [3.05, 3.63) is 35.4 Å². The van der Waals surface area contributed by atoms with Crippen molar-refractivity contribution in [2.45, 2.75) is 13.0 Å². The van der Waals surface area contributed by atoms with Gasteiger partial charge < -0.3 is 11.1 Å². The van der Waals surface area contributed by atoms with E-state index in [-0.39, 0.29) is 11.3 Å². The van der Waals surface area contributed by atoms with Crippen molar-refractivity contribution in [3.63, 3.8) is 0 Å². The van der Waals surface area contributed by atoms with E-state index in [0.29, 0.717) is 5.82 Å². The molecule has 0 aliphatic rings. The van der Waals surface area contributed by atoms with Crippen LogP contribution in [0.15, 0.2) is 18.2 Å². The van der Waals surface area contributed by atoms with Crippen LogP contribution in [0.5, 0.6) is 0 Å². The Morgan fingerprint density at radius 2 is 2.33 bits per heavy atom. The molecule has 1 unspecified atom stereocenters. The summed E-state index contributed by atoms with van der Waals surface area (Å²) >= 11 is 0. The number of benzene rings is 1. The average molecular weight is 250 g/mol. The van der Waals surface area contributed by atoms with Gasteiger partial charge in [-0.25, -0.2) is 4.39 Å². The number of amides is 1. The molecule has 1 aromatic heterocycles. The van der Waals surface area contributed by atoms with Gasteiger partial charge in [-0.3, -0.25) is 4.79 Å². The molecule has 0 radical (unpaired) electrons. The predicted molar refractivity (Wildman–Crippen MR) is 60.9 cm³/mol. The number of nitrogens with two attached hydrogens (primary N) is 1. The monoisotopic (exact) mass is 250 g/mol. The van der Waals surface area contributed by atoms with E-state index in [1.165, 1.54) is 18.2 Å². The first-order chi connectivity index (χ1) is 8.59.